The zero-order chi connectivity index (χ0) is 19.2. The molecule has 1 N–H and O–H groups in total. The lowest BCUT2D eigenvalue weighted by molar-refractivity contribution is -0.111. The van der Waals surface area contributed by atoms with Crippen molar-refractivity contribution in [2.75, 3.05) is 5.32 Å². The normalized spacial score (nSPS) is 11.9. The van der Waals surface area contributed by atoms with Gasteiger partial charge in [-0.3, -0.25) is 9.48 Å². The number of benzene rings is 2. The summed E-state index contributed by atoms with van der Waals surface area (Å²) in [6.45, 7) is 0. The average molecular weight is 377 g/mol. The molecule has 3 rings (SSSR count). The molecule has 2 aromatic carbocycles. The number of aromatic nitrogens is 2. The summed E-state index contributed by atoms with van der Waals surface area (Å²) in [5.74, 6) is -0.739. The van der Waals surface area contributed by atoms with E-state index in [9.17, 15) is 10.1 Å². The molecule has 0 saturated carbocycles. The zero-order valence-corrected chi connectivity index (χ0v) is 15.4. The molecule has 0 fully saturated rings. The zero-order valence-electron chi connectivity index (χ0n) is 14.6. The van der Waals surface area contributed by atoms with Crippen LogP contribution in [-0.4, -0.2) is 15.7 Å². The van der Waals surface area contributed by atoms with Crippen LogP contribution in [0.4, 0.5) is 5.69 Å². The number of nitriles is 1. The van der Waals surface area contributed by atoms with Crippen molar-refractivity contribution in [1.29, 1.82) is 5.26 Å². The molecule has 0 bridgehead atoms. The standard InChI is InChI=1S/C21H17ClN4O/c1-26-14-15(13-24-26)7-10-21(27)25-17-8-9-18(20(22)11-17)19(12-23)16-5-3-2-4-6-16/h2-11,13-14,19H,1H3,(H,25,27). The van der Waals surface area contributed by atoms with Crippen molar-refractivity contribution < 1.29 is 4.79 Å². The van der Waals surface area contributed by atoms with Gasteiger partial charge in [0.25, 0.3) is 0 Å². The molecular weight excluding hydrogens is 360 g/mol. The largest absolute Gasteiger partial charge is 0.322 e. The topological polar surface area (TPSA) is 70.7 Å². The van der Waals surface area contributed by atoms with Gasteiger partial charge in [-0.2, -0.15) is 10.4 Å². The molecule has 5 nitrogen and oxygen atoms in total. The van der Waals surface area contributed by atoms with E-state index in [1.165, 1.54) is 6.08 Å². The molecule has 0 spiro atoms. The van der Waals surface area contributed by atoms with Gasteiger partial charge in [0.05, 0.1) is 18.2 Å². The molecule has 0 aliphatic heterocycles. The van der Waals surface area contributed by atoms with Crippen LogP contribution < -0.4 is 5.32 Å². The van der Waals surface area contributed by atoms with Crippen molar-refractivity contribution in [3.63, 3.8) is 0 Å². The fourth-order valence-electron chi connectivity index (χ4n) is 2.69. The summed E-state index contributed by atoms with van der Waals surface area (Å²) in [5, 5.41) is 16.8. The number of hydrogen-bond donors (Lipinski definition) is 1. The van der Waals surface area contributed by atoms with E-state index in [4.69, 9.17) is 11.6 Å². The van der Waals surface area contributed by atoms with Crippen LogP contribution in [0.1, 0.15) is 22.6 Å². The lowest BCUT2D eigenvalue weighted by Crippen LogP contribution is -2.08. The third-order valence-corrected chi connectivity index (χ3v) is 4.32. The number of nitrogens with one attached hydrogen (secondary N) is 1. The lowest BCUT2D eigenvalue weighted by Gasteiger charge is -2.13. The van der Waals surface area contributed by atoms with E-state index >= 15 is 0 Å². The van der Waals surface area contributed by atoms with Gasteiger partial charge < -0.3 is 5.32 Å². The van der Waals surface area contributed by atoms with Crippen LogP contribution in [0.15, 0.2) is 67.0 Å². The Balaban J connectivity index is 1.73. The van der Waals surface area contributed by atoms with E-state index in [0.29, 0.717) is 16.3 Å². The van der Waals surface area contributed by atoms with Gasteiger partial charge in [-0.1, -0.05) is 48.0 Å². The predicted octanol–water partition coefficient (Wildman–Crippen LogP) is 4.38. The Hall–Kier alpha value is -3.36. The molecule has 3 aromatic rings. The maximum atomic E-state index is 12.1. The van der Waals surface area contributed by atoms with Crippen LogP contribution in [-0.2, 0) is 11.8 Å². The monoisotopic (exact) mass is 376 g/mol. The van der Waals surface area contributed by atoms with Gasteiger partial charge in [0.2, 0.25) is 5.91 Å². The molecule has 1 atom stereocenters. The quantitative estimate of drug-likeness (QED) is 0.671. The first-order valence-electron chi connectivity index (χ1n) is 8.28. The summed E-state index contributed by atoms with van der Waals surface area (Å²) >= 11 is 6.38. The van der Waals surface area contributed by atoms with Gasteiger partial charge in [-0.05, 0) is 29.3 Å². The van der Waals surface area contributed by atoms with Gasteiger partial charge in [0.1, 0.15) is 0 Å². The highest BCUT2D eigenvalue weighted by Crippen LogP contribution is 2.31. The fourth-order valence-corrected chi connectivity index (χ4v) is 2.98. The summed E-state index contributed by atoms with van der Waals surface area (Å²) in [5.41, 5.74) is 2.97. The van der Waals surface area contributed by atoms with Gasteiger partial charge in [-0.15, -0.1) is 0 Å². The highest BCUT2D eigenvalue weighted by Gasteiger charge is 2.16. The summed E-state index contributed by atoms with van der Waals surface area (Å²) in [7, 11) is 1.81. The summed E-state index contributed by atoms with van der Waals surface area (Å²) in [4.78, 5) is 12.1. The minimum absolute atomic E-state index is 0.275. The van der Waals surface area contributed by atoms with E-state index in [1.54, 1.807) is 41.4 Å². The van der Waals surface area contributed by atoms with Gasteiger partial charge in [0.15, 0.2) is 0 Å². The number of carbonyl (C=O) groups is 1. The second kappa shape index (κ2) is 8.35. The maximum absolute atomic E-state index is 12.1. The van der Waals surface area contributed by atoms with Crippen molar-refractivity contribution >= 4 is 29.3 Å². The number of amides is 1. The first kappa shape index (κ1) is 18.4. The van der Waals surface area contributed by atoms with Crippen LogP contribution in [0, 0.1) is 11.3 Å². The number of nitrogens with zero attached hydrogens (tertiary/aromatic N) is 3. The smallest absolute Gasteiger partial charge is 0.248 e. The second-order valence-electron chi connectivity index (χ2n) is 5.98. The van der Waals surface area contributed by atoms with Crippen molar-refractivity contribution in [3.8, 4) is 6.07 Å². The Labute approximate surface area is 162 Å². The molecule has 134 valence electrons. The molecule has 6 heteroatoms. The predicted molar refractivity (Wildman–Crippen MR) is 106 cm³/mol. The summed E-state index contributed by atoms with van der Waals surface area (Å²) < 4.78 is 1.66. The minimum Gasteiger partial charge on any atom is -0.322 e. The Morgan fingerprint density at radius 3 is 2.70 bits per heavy atom. The molecule has 0 aliphatic rings. The first-order valence-corrected chi connectivity index (χ1v) is 8.66. The van der Waals surface area contributed by atoms with Crippen molar-refractivity contribution in [3.05, 3.63) is 88.7 Å². The van der Waals surface area contributed by atoms with E-state index in [0.717, 1.165) is 11.1 Å². The van der Waals surface area contributed by atoms with E-state index in [1.807, 2.05) is 37.4 Å². The number of carbonyl (C=O) groups excluding carboxylic acids is 1. The number of anilines is 1. The maximum Gasteiger partial charge on any atom is 0.248 e. The van der Waals surface area contributed by atoms with E-state index < -0.39 is 5.92 Å². The first-order chi connectivity index (χ1) is 13.1. The van der Waals surface area contributed by atoms with Crippen molar-refractivity contribution in [2.24, 2.45) is 7.05 Å². The Bertz CT molecular complexity index is 1020. The second-order valence-corrected chi connectivity index (χ2v) is 6.39. The number of rotatable bonds is 5. The van der Waals surface area contributed by atoms with Gasteiger partial charge in [0, 0.05) is 35.6 Å². The Morgan fingerprint density at radius 2 is 2.07 bits per heavy atom. The molecule has 1 heterocycles. The number of hydrogen-bond acceptors (Lipinski definition) is 3. The minimum atomic E-state index is -0.464. The van der Waals surface area contributed by atoms with Crippen molar-refractivity contribution in [1.82, 2.24) is 9.78 Å². The highest BCUT2D eigenvalue weighted by atomic mass is 35.5. The average Bonchev–Trinajstić information content (AvgIpc) is 3.08. The Morgan fingerprint density at radius 1 is 1.30 bits per heavy atom. The molecule has 0 radical (unpaired) electrons. The molecule has 1 amide bonds. The van der Waals surface area contributed by atoms with Crippen LogP contribution in [0.3, 0.4) is 0 Å². The summed E-state index contributed by atoms with van der Waals surface area (Å²) in [6, 6.07) is 16.9. The number of halogens is 1. The molecule has 1 aromatic heterocycles. The van der Waals surface area contributed by atoms with Crippen LogP contribution in [0.25, 0.3) is 6.08 Å². The summed E-state index contributed by atoms with van der Waals surface area (Å²) in [6.07, 6.45) is 6.59. The third kappa shape index (κ3) is 4.63. The van der Waals surface area contributed by atoms with Crippen LogP contribution >= 0.6 is 11.6 Å². The SMILES string of the molecule is Cn1cc(C=CC(=O)Nc2ccc(C(C#N)c3ccccc3)c(Cl)c2)cn1. The molecule has 27 heavy (non-hydrogen) atoms. The Kier molecular flexibility index (Phi) is 5.70. The molecular formula is C21H17ClN4O. The lowest BCUT2D eigenvalue weighted by atomic mass is 9.92. The molecule has 0 saturated heterocycles. The fraction of sp³-hybridized carbons (Fsp3) is 0.0952. The van der Waals surface area contributed by atoms with Crippen LogP contribution in [0.2, 0.25) is 5.02 Å². The molecule has 0 aliphatic carbocycles. The molecule has 1 unspecified atom stereocenters. The van der Waals surface area contributed by atoms with E-state index in [-0.39, 0.29) is 5.91 Å². The third-order valence-electron chi connectivity index (χ3n) is 3.99. The number of aryl methyl sites for hydroxylation is 1. The highest BCUT2D eigenvalue weighted by molar-refractivity contribution is 6.31. The van der Waals surface area contributed by atoms with Gasteiger partial charge in [-0.25, -0.2) is 0 Å². The van der Waals surface area contributed by atoms with Crippen LogP contribution in [0.5, 0.6) is 0 Å². The van der Waals surface area contributed by atoms with Gasteiger partial charge >= 0.3 is 0 Å². The van der Waals surface area contributed by atoms with Crippen molar-refractivity contribution in [2.45, 2.75) is 5.92 Å². The van der Waals surface area contributed by atoms with E-state index in [2.05, 4.69) is 16.5 Å².